The molecule has 1 unspecified atom stereocenters. The lowest BCUT2D eigenvalue weighted by Crippen LogP contribution is -2.36. The van der Waals surface area contributed by atoms with E-state index in [4.69, 9.17) is 10.5 Å². The van der Waals surface area contributed by atoms with E-state index in [-0.39, 0.29) is 12.1 Å². The van der Waals surface area contributed by atoms with E-state index in [1.165, 1.54) is 0 Å². The number of carbonyl (C=O) groups is 2. The van der Waals surface area contributed by atoms with Gasteiger partial charge in [0.1, 0.15) is 5.60 Å². The average molecular weight is 260 g/mol. The van der Waals surface area contributed by atoms with Crippen molar-refractivity contribution in [2.24, 2.45) is 5.73 Å². The minimum atomic E-state index is -0.413. The van der Waals surface area contributed by atoms with Crippen LogP contribution < -0.4 is 5.73 Å². The van der Waals surface area contributed by atoms with Gasteiger partial charge in [-0.15, -0.1) is 0 Å². The molecule has 2 N–H and O–H groups in total. The van der Waals surface area contributed by atoms with Gasteiger partial charge in [-0.05, 0) is 34.1 Å². The summed E-state index contributed by atoms with van der Waals surface area (Å²) in [6, 6.07) is 0.118. The minimum absolute atomic E-state index is 0.118. The highest BCUT2D eigenvalue weighted by atomic mass is 16.6. The molecule has 1 aliphatic heterocycles. The van der Waals surface area contributed by atoms with E-state index in [1.54, 1.807) is 11.8 Å². The van der Waals surface area contributed by atoms with Gasteiger partial charge >= 0.3 is 6.09 Å². The molecule has 0 aliphatic carbocycles. The average Bonchev–Trinajstić information content (AvgIpc) is 2.64. The largest absolute Gasteiger partial charge is 0.468 e. The van der Waals surface area contributed by atoms with Gasteiger partial charge in [0.05, 0.1) is 6.61 Å². The second-order valence-corrected chi connectivity index (χ2v) is 5.03. The van der Waals surface area contributed by atoms with Crippen LogP contribution in [0.25, 0.3) is 0 Å². The molecule has 6 heteroatoms. The number of amides is 1. The summed E-state index contributed by atoms with van der Waals surface area (Å²) in [5.41, 5.74) is 5.26. The van der Waals surface area contributed by atoms with Gasteiger partial charge in [0, 0.05) is 19.1 Å². The lowest BCUT2D eigenvalue weighted by atomic mass is 10.2. The molecule has 106 valence electrons. The van der Waals surface area contributed by atoms with E-state index in [0.717, 1.165) is 13.0 Å². The molecule has 0 radical (unpaired) electrons. The Bertz CT molecular complexity index is 263. The first-order valence-corrected chi connectivity index (χ1v) is 6.09. The maximum atomic E-state index is 11.5. The second kappa shape index (κ2) is 7.92. The van der Waals surface area contributed by atoms with Crippen LogP contribution in [0.1, 0.15) is 34.1 Å². The van der Waals surface area contributed by atoms with Crippen molar-refractivity contribution in [3.63, 3.8) is 0 Å². The molecule has 0 aromatic carbocycles. The molecule has 1 fully saturated rings. The first kappa shape index (κ1) is 16.7. The molecular formula is C12H24N2O4. The van der Waals surface area contributed by atoms with Crippen LogP contribution in [0.2, 0.25) is 0 Å². The third-order valence-corrected chi connectivity index (χ3v) is 2.11. The maximum Gasteiger partial charge on any atom is 0.410 e. The fourth-order valence-corrected chi connectivity index (χ4v) is 1.35. The van der Waals surface area contributed by atoms with Crippen LogP contribution in [-0.4, -0.2) is 48.8 Å². The Kier molecular flexibility index (Phi) is 7.35. The molecule has 0 aromatic heterocycles. The highest BCUT2D eigenvalue weighted by Crippen LogP contribution is 2.13. The van der Waals surface area contributed by atoms with Crippen LogP contribution in [0.5, 0.6) is 0 Å². The summed E-state index contributed by atoms with van der Waals surface area (Å²) < 4.78 is 9.35. The van der Waals surface area contributed by atoms with Crippen molar-refractivity contribution in [1.82, 2.24) is 4.90 Å². The number of likely N-dealkylation sites (tertiary alicyclic amines) is 1. The molecule has 1 rings (SSSR count). The number of rotatable bonds is 2. The van der Waals surface area contributed by atoms with Gasteiger partial charge in [0.25, 0.3) is 6.47 Å². The number of hydrogen-bond acceptors (Lipinski definition) is 5. The van der Waals surface area contributed by atoms with Crippen LogP contribution in [-0.2, 0) is 14.3 Å². The molecular weight excluding hydrogens is 236 g/mol. The Morgan fingerprint density at radius 3 is 2.39 bits per heavy atom. The Labute approximate surface area is 108 Å². The summed E-state index contributed by atoms with van der Waals surface area (Å²) >= 11 is 0. The van der Waals surface area contributed by atoms with Crippen LogP contribution >= 0.6 is 0 Å². The summed E-state index contributed by atoms with van der Waals surface area (Å²) in [7, 11) is 0. The van der Waals surface area contributed by atoms with Crippen molar-refractivity contribution in [1.29, 1.82) is 0 Å². The minimum Gasteiger partial charge on any atom is -0.468 e. The fourth-order valence-electron chi connectivity index (χ4n) is 1.35. The third kappa shape index (κ3) is 7.89. The zero-order chi connectivity index (χ0) is 14.2. The predicted octanol–water partition coefficient (Wildman–Crippen LogP) is 1.13. The highest BCUT2D eigenvalue weighted by molar-refractivity contribution is 5.68. The van der Waals surface area contributed by atoms with Crippen LogP contribution in [0.4, 0.5) is 4.79 Å². The first-order chi connectivity index (χ1) is 8.30. The van der Waals surface area contributed by atoms with Gasteiger partial charge in [0.15, 0.2) is 0 Å². The topological polar surface area (TPSA) is 81.9 Å². The van der Waals surface area contributed by atoms with Crippen molar-refractivity contribution in [2.45, 2.75) is 45.8 Å². The quantitative estimate of drug-likeness (QED) is 0.753. The number of carbonyl (C=O) groups excluding carboxylic acids is 2. The molecule has 0 aromatic rings. The number of nitrogens with zero attached hydrogens (tertiary/aromatic N) is 1. The molecule has 1 heterocycles. The Hall–Kier alpha value is -1.30. The van der Waals surface area contributed by atoms with E-state index < -0.39 is 5.60 Å². The lowest BCUT2D eigenvalue weighted by Gasteiger charge is -2.24. The van der Waals surface area contributed by atoms with Gasteiger partial charge in [-0.2, -0.15) is 0 Å². The Morgan fingerprint density at radius 1 is 1.50 bits per heavy atom. The first-order valence-electron chi connectivity index (χ1n) is 6.09. The zero-order valence-electron chi connectivity index (χ0n) is 11.6. The van der Waals surface area contributed by atoms with E-state index in [9.17, 15) is 9.59 Å². The van der Waals surface area contributed by atoms with E-state index in [0.29, 0.717) is 19.6 Å². The monoisotopic (exact) mass is 260 g/mol. The van der Waals surface area contributed by atoms with Crippen molar-refractivity contribution < 1.29 is 19.1 Å². The molecule has 1 amide bonds. The molecule has 1 saturated heterocycles. The summed E-state index contributed by atoms with van der Waals surface area (Å²) in [5, 5.41) is 0. The molecule has 0 bridgehead atoms. The number of ether oxygens (including phenoxy) is 2. The van der Waals surface area contributed by atoms with Gasteiger partial charge in [-0.1, -0.05) is 0 Å². The normalized spacial score (nSPS) is 18.7. The molecule has 1 aliphatic rings. The van der Waals surface area contributed by atoms with Crippen molar-refractivity contribution >= 4 is 12.6 Å². The van der Waals surface area contributed by atoms with E-state index >= 15 is 0 Å². The Morgan fingerprint density at radius 2 is 2.11 bits per heavy atom. The van der Waals surface area contributed by atoms with Gasteiger partial charge in [0.2, 0.25) is 0 Å². The number of nitrogens with two attached hydrogens (primary N) is 1. The Balaban J connectivity index is 0.000000494. The third-order valence-electron chi connectivity index (χ3n) is 2.11. The summed E-state index contributed by atoms with van der Waals surface area (Å²) in [4.78, 5) is 22.3. The maximum absolute atomic E-state index is 11.5. The van der Waals surface area contributed by atoms with Gasteiger partial charge in [-0.25, -0.2) is 4.79 Å². The molecule has 0 spiro atoms. The zero-order valence-corrected chi connectivity index (χ0v) is 11.6. The molecule has 6 nitrogen and oxygen atoms in total. The molecule has 18 heavy (non-hydrogen) atoms. The van der Waals surface area contributed by atoms with Crippen LogP contribution in [0, 0.1) is 0 Å². The van der Waals surface area contributed by atoms with E-state index in [2.05, 4.69) is 4.74 Å². The highest BCUT2D eigenvalue weighted by Gasteiger charge is 2.27. The molecule has 0 saturated carbocycles. The smallest absolute Gasteiger partial charge is 0.410 e. The van der Waals surface area contributed by atoms with Crippen LogP contribution in [0.15, 0.2) is 0 Å². The summed E-state index contributed by atoms with van der Waals surface area (Å²) in [6.07, 6.45) is 0.625. The summed E-state index contributed by atoms with van der Waals surface area (Å²) in [6.45, 7) is 9.59. The fraction of sp³-hybridized carbons (Fsp3) is 0.833. The standard InChI is InChI=1S/C9H18N2O2.C3H6O2/c1-9(2,3)13-8(12)11-5-4-7(10)6-11;1-2-5-3-4/h7H,4-6,10H2,1-3H3;3H,2H2,1H3. The van der Waals surface area contributed by atoms with Gasteiger partial charge < -0.3 is 20.1 Å². The van der Waals surface area contributed by atoms with Gasteiger partial charge in [-0.3, -0.25) is 4.79 Å². The van der Waals surface area contributed by atoms with E-state index in [1.807, 2.05) is 20.8 Å². The van der Waals surface area contributed by atoms with Crippen molar-refractivity contribution in [3.8, 4) is 0 Å². The van der Waals surface area contributed by atoms with Crippen molar-refractivity contribution in [3.05, 3.63) is 0 Å². The second-order valence-electron chi connectivity index (χ2n) is 5.03. The molecule has 1 atom stereocenters. The SMILES string of the molecule is CC(C)(C)OC(=O)N1CCC(N)C1.CCOC=O. The predicted molar refractivity (Wildman–Crippen MR) is 68.1 cm³/mol. The lowest BCUT2D eigenvalue weighted by molar-refractivity contribution is -0.128. The van der Waals surface area contributed by atoms with Crippen LogP contribution in [0.3, 0.4) is 0 Å². The number of hydrogen-bond donors (Lipinski definition) is 1. The van der Waals surface area contributed by atoms with Crippen molar-refractivity contribution in [2.75, 3.05) is 19.7 Å². The summed E-state index contributed by atoms with van der Waals surface area (Å²) in [5.74, 6) is 0.